The molecule has 3 rings (SSSR count). The molecule has 0 heterocycles. The van der Waals surface area contributed by atoms with Gasteiger partial charge in [-0.15, -0.1) is 0 Å². The number of nitrogens with zero attached hydrogens (tertiary/aromatic N) is 2. The molecule has 2 N–H and O–H groups in total. The third-order valence-electron chi connectivity index (χ3n) is 4.37. The maximum absolute atomic E-state index is 13.2. The van der Waals surface area contributed by atoms with Gasteiger partial charge in [-0.05, 0) is 54.1 Å². The van der Waals surface area contributed by atoms with Crippen molar-refractivity contribution in [2.75, 3.05) is 6.54 Å². The fourth-order valence-electron chi connectivity index (χ4n) is 2.74. The van der Waals surface area contributed by atoms with Gasteiger partial charge in [0.1, 0.15) is 5.75 Å². The lowest BCUT2D eigenvalue weighted by molar-refractivity contribution is -0.121. The molecule has 0 aliphatic rings. The van der Waals surface area contributed by atoms with Crippen LogP contribution in [-0.2, 0) is 21.4 Å². The van der Waals surface area contributed by atoms with E-state index in [0.717, 1.165) is 8.78 Å². The monoisotopic (exact) mass is 535 g/mol. The molecule has 7 nitrogen and oxygen atoms in total. The van der Waals surface area contributed by atoms with Gasteiger partial charge >= 0.3 is 0 Å². The molecule has 0 radical (unpaired) electrons. The molecular formula is C22H19BrClN3O4S. The van der Waals surface area contributed by atoms with Crippen LogP contribution < -0.4 is 5.43 Å². The number of aromatic hydroxyl groups is 1. The average molecular weight is 537 g/mol. The zero-order valence-corrected chi connectivity index (χ0v) is 19.8. The summed E-state index contributed by atoms with van der Waals surface area (Å²) in [5.41, 5.74) is 3.42. The largest absolute Gasteiger partial charge is 0.507 e. The number of benzene rings is 3. The van der Waals surface area contributed by atoms with E-state index in [9.17, 15) is 18.3 Å². The number of nitrogens with one attached hydrogen (secondary N) is 1. The molecule has 10 heteroatoms. The van der Waals surface area contributed by atoms with Crippen LogP contribution in [0, 0.1) is 0 Å². The third kappa shape index (κ3) is 6.39. The zero-order valence-electron chi connectivity index (χ0n) is 16.7. The number of carbonyl (C=O) groups excluding carboxylic acids is 1. The van der Waals surface area contributed by atoms with Crippen molar-refractivity contribution in [3.05, 3.63) is 93.4 Å². The summed E-state index contributed by atoms with van der Waals surface area (Å²) in [7, 11) is -3.99. The van der Waals surface area contributed by atoms with Gasteiger partial charge < -0.3 is 5.11 Å². The van der Waals surface area contributed by atoms with Crippen molar-refractivity contribution < 1.29 is 18.3 Å². The standard InChI is InChI=1S/C22H19BrClN3O4S/c23-18-7-5-16(6-8-18)14-27(32(30,31)20-11-9-19(24)10-12-20)15-22(29)26-25-13-17-3-1-2-4-21(17)28/h1-13,28H,14-15H2,(H,26,29)/b25-13-. The maximum Gasteiger partial charge on any atom is 0.255 e. The molecule has 0 bridgehead atoms. The fraction of sp³-hybridized carbons (Fsp3) is 0.0909. The minimum atomic E-state index is -3.99. The van der Waals surface area contributed by atoms with E-state index in [1.807, 2.05) is 0 Å². The minimum Gasteiger partial charge on any atom is -0.507 e. The number of hydrogen-bond donors (Lipinski definition) is 2. The van der Waals surface area contributed by atoms with E-state index in [1.54, 1.807) is 42.5 Å². The van der Waals surface area contributed by atoms with Gasteiger partial charge in [0.05, 0.1) is 17.7 Å². The molecule has 1 amide bonds. The van der Waals surface area contributed by atoms with Crippen molar-refractivity contribution in [3.8, 4) is 5.75 Å². The number of para-hydroxylation sites is 1. The first kappa shape index (κ1) is 23.9. The third-order valence-corrected chi connectivity index (χ3v) is 6.96. The number of sulfonamides is 1. The van der Waals surface area contributed by atoms with Gasteiger partial charge in [-0.25, -0.2) is 13.8 Å². The second-order valence-electron chi connectivity index (χ2n) is 6.71. The Labute approximate surface area is 199 Å². The molecule has 166 valence electrons. The molecular weight excluding hydrogens is 518 g/mol. The highest BCUT2D eigenvalue weighted by Crippen LogP contribution is 2.21. The summed E-state index contributed by atoms with van der Waals surface area (Å²) in [5, 5.41) is 14.0. The van der Waals surface area contributed by atoms with Gasteiger partial charge in [-0.2, -0.15) is 9.41 Å². The number of rotatable bonds is 8. The Balaban J connectivity index is 1.80. The van der Waals surface area contributed by atoms with E-state index in [4.69, 9.17) is 11.6 Å². The lowest BCUT2D eigenvalue weighted by atomic mass is 10.2. The Kier molecular flexibility index (Phi) is 8.03. The SMILES string of the molecule is O=C(CN(Cc1ccc(Br)cc1)S(=O)(=O)c1ccc(Cl)cc1)N/N=C\c1ccccc1O. The van der Waals surface area contributed by atoms with Crippen molar-refractivity contribution in [1.82, 2.24) is 9.73 Å². The molecule has 0 aliphatic heterocycles. The highest BCUT2D eigenvalue weighted by atomic mass is 79.9. The number of hydrogen-bond acceptors (Lipinski definition) is 5. The number of hydrazone groups is 1. The van der Waals surface area contributed by atoms with Crippen molar-refractivity contribution in [2.45, 2.75) is 11.4 Å². The minimum absolute atomic E-state index is 0.00711. The predicted octanol–water partition coefficient (Wildman–Crippen LogP) is 4.15. The molecule has 0 aliphatic carbocycles. The smallest absolute Gasteiger partial charge is 0.255 e. The molecule has 0 atom stereocenters. The fourth-order valence-corrected chi connectivity index (χ4v) is 4.52. The molecule has 0 fully saturated rings. The lowest BCUT2D eigenvalue weighted by Gasteiger charge is -2.21. The van der Waals surface area contributed by atoms with Crippen LogP contribution in [0.4, 0.5) is 0 Å². The van der Waals surface area contributed by atoms with Crippen LogP contribution in [0.25, 0.3) is 0 Å². The first-order chi connectivity index (χ1) is 15.3. The molecule has 3 aromatic rings. The van der Waals surface area contributed by atoms with Crippen LogP contribution in [0.15, 0.2) is 87.3 Å². The molecule has 0 saturated heterocycles. The summed E-state index contributed by atoms with van der Waals surface area (Å²) < 4.78 is 28.3. The number of amides is 1. The molecule has 32 heavy (non-hydrogen) atoms. The second kappa shape index (κ2) is 10.7. The quantitative estimate of drug-likeness (QED) is 0.334. The lowest BCUT2D eigenvalue weighted by Crippen LogP contribution is -2.39. The van der Waals surface area contributed by atoms with Crippen LogP contribution in [0.2, 0.25) is 5.02 Å². The first-order valence-corrected chi connectivity index (χ1v) is 12.0. The van der Waals surface area contributed by atoms with Crippen LogP contribution in [-0.4, -0.2) is 36.5 Å². The molecule has 0 unspecified atom stereocenters. The van der Waals surface area contributed by atoms with Gasteiger partial charge in [0, 0.05) is 21.6 Å². The van der Waals surface area contributed by atoms with Crippen LogP contribution in [0.1, 0.15) is 11.1 Å². The molecule has 0 aromatic heterocycles. The summed E-state index contributed by atoms with van der Waals surface area (Å²) in [6, 6.07) is 19.3. The number of phenols is 1. The van der Waals surface area contributed by atoms with Crippen LogP contribution in [0.5, 0.6) is 5.75 Å². The first-order valence-electron chi connectivity index (χ1n) is 9.36. The number of phenolic OH excluding ortho intramolecular Hbond substituents is 1. The normalized spacial score (nSPS) is 11.7. The van der Waals surface area contributed by atoms with E-state index in [1.165, 1.54) is 36.5 Å². The second-order valence-corrected chi connectivity index (χ2v) is 10.00. The van der Waals surface area contributed by atoms with Crippen LogP contribution in [0.3, 0.4) is 0 Å². The van der Waals surface area contributed by atoms with E-state index in [-0.39, 0.29) is 17.2 Å². The Morgan fingerprint density at radius 2 is 1.72 bits per heavy atom. The van der Waals surface area contributed by atoms with Gasteiger partial charge in [0.2, 0.25) is 10.0 Å². The van der Waals surface area contributed by atoms with Crippen molar-refractivity contribution in [1.29, 1.82) is 0 Å². The van der Waals surface area contributed by atoms with E-state index < -0.39 is 22.5 Å². The summed E-state index contributed by atoms with van der Waals surface area (Å²) in [5.74, 6) is -0.626. The topological polar surface area (TPSA) is 99.1 Å². The van der Waals surface area contributed by atoms with E-state index in [0.29, 0.717) is 16.1 Å². The Morgan fingerprint density at radius 3 is 2.38 bits per heavy atom. The Morgan fingerprint density at radius 1 is 1.06 bits per heavy atom. The van der Waals surface area contributed by atoms with Crippen LogP contribution >= 0.6 is 27.5 Å². The van der Waals surface area contributed by atoms with Gasteiger partial charge in [0.15, 0.2) is 0 Å². The highest BCUT2D eigenvalue weighted by Gasteiger charge is 2.27. The van der Waals surface area contributed by atoms with E-state index in [2.05, 4.69) is 26.5 Å². The van der Waals surface area contributed by atoms with Crippen molar-refractivity contribution >= 4 is 49.7 Å². The molecule has 0 spiro atoms. The Hall–Kier alpha value is -2.72. The molecule has 0 saturated carbocycles. The number of halogens is 2. The van der Waals surface area contributed by atoms with Crippen molar-refractivity contribution in [3.63, 3.8) is 0 Å². The van der Waals surface area contributed by atoms with Gasteiger partial charge in [-0.3, -0.25) is 4.79 Å². The summed E-state index contributed by atoms with van der Waals surface area (Å²) in [4.78, 5) is 12.5. The van der Waals surface area contributed by atoms with Gasteiger partial charge in [0.25, 0.3) is 5.91 Å². The predicted molar refractivity (Wildman–Crippen MR) is 127 cm³/mol. The summed E-state index contributed by atoms with van der Waals surface area (Å²) in [6.45, 7) is -0.478. The summed E-state index contributed by atoms with van der Waals surface area (Å²) >= 11 is 9.22. The summed E-state index contributed by atoms with van der Waals surface area (Å²) in [6.07, 6.45) is 1.28. The maximum atomic E-state index is 13.2. The molecule has 3 aromatic carbocycles. The number of carbonyl (C=O) groups is 1. The van der Waals surface area contributed by atoms with Gasteiger partial charge in [-0.1, -0.05) is 51.8 Å². The zero-order chi connectivity index (χ0) is 23.1. The Bertz CT molecular complexity index is 1220. The van der Waals surface area contributed by atoms with E-state index >= 15 is 0 Å². The highest BCUT2D eigenvalue weighted by molar-refractivity contribution is 9.10. The van der Waals surface area contributed by atoms with Crippen molar-refractivity contribution in [2.24, 2.45) is 5.10 Å². The average Bonchev–Trinajstić information content (AvgIpc) is 2.76.